The molecule has 1 spiro atoms. The van der Waals surface area contributed by atoms with Gasteiger partial charge in [0.05, 0.1) is 30.4 Å². The molecule has 1 N–H and O–H groups in total. The van der Waals surface area contributed by atoms with Gasteiger partial charge in [-0.2, -0.15) is 13.2 Å². The van der Waals surface area contributed by atoms with Crippen LogP contribution < -0.4 is 9.62 Å². The SMILES string of the molecule is CS(=O)(=O)Nc1cnccc1CN1C(=O)N(c2ccc(SC(F)(F)F)cc2)C(=O)C12CC2. The fraction of sp³-hybridized carbons (Fsp3) is 0.316. The molecule has 1 saturated carbocycles. The van der Waals surface area contributed by atoms with E-state index in [-0.39, 0.29) is 34.6 Å². The summed E-state index contributed by atoms with van der Waals surface area (Å²) >= 11 is -0.287. The van der Waals surface area contributed by atoms with Crippen molar-refractivity contribution in [1.29, 1.82) is 0 Å². The molecule has 0 atom stereocenters. The number of carbonyl (C=O) groups is 2. The molecule has 1 aliphatic carbocycles. The lowest BCUT2D eigenvalue weighted by molar-refractivity contribution is -0.120. The highest BCUT2D eigenvalue weighted by Crippen LogP contribution is 2.50. The first-order valence-electron chi connectivity index (χ1n) is 9.32. The van der Waals surface area contributed by atoms with Crippen LogP contribution in [-0.2, 0) is 21.4 Å². The van der Waals surface area contributed by atoms with Gasteiger partial charge in [-0.3, -0.25) is 14.5 Å². The number of carbonyl (C=O) groups excluding carboxylic acids is 2. The van der Waals surface area contributed by atoms with Crippen molar-refractivity contribution < 1.29 is 31.2 Å². The number of nitrogens with zero attached hydrogens (tertiary/aromatic N) is 3. The molecule has 1 aromatic carbocycles. The van der Waals surface area contributed by atoms with E-state index in [1.54, 1.807) is 6.07 Å². The number of alkyl halides is 3. The van der Waals surface area contributed by atoms with Gasteiger partial charge in [-0.1, -0.05) is 0 Å². The zero-order valence-corrected chi connectivity index (χ0v) is 18.2. The fourth-order valence-corrected chi connectivity index (χ4v) is 4.71. The van der Waals surface area contributed by atoms with Gasteiger partial charge < -0.3 is 4.90 Å². The first-order chi connectivity index (χ1) is 14.9. The van der Waals surface area contributed by atoms with Crippen LogP contribution in [0, 0.1) is 0 Å². The Bertz CT molecular complexity index is 1180. The summed E-state index contributed by atoms with van der Waals surface area (Å²) in [7, 11) is -3.59. The lowest BCUT2D eigenvalue weighted by Gasteiger charge is -2.22. The number of benzene rings is 1. The van der Waals surface area contributed by atoms with Gasteiger partial charge in [0.2, 0.25) is 10.0 Å². The summed E-state index contributed by atoms with van der Waals surface area (Å²) in [6.07, 6.45) is 4.62. The Kier molecular flexibility index (Phi) is 5.36. The Morgan fingerprint density at radius 1 is 1.16 bits per heavy atom. The molecular weight excluding hydrogens is 469 g/mol. The molecular formula is C19H17F3N4O4S2. The van der Waals surface area contributed by atoms with Crippen LogP contribution in [0.2, 0.25) is 0 Å². The van der Waals surface area contributed by atoms with Crippen LogP contribution in [0.5, 0.6) is 0 Å². The number of hydrogen-bond donors (Lipinski definition) is 1. The molecule has 3 amide bonds. The van der Waals surface area contributed by atoms with E-state index < -0.39 is 33.0 Å². The number of pyridine rings is 1. The first kappa shape index (κ1) is 22.4. The number of anilines is 2. The standard InChI is InChI=1S/C19H17F3N4O4S2/c1-32(29,30)24-15-10-23-9-6-12(15)11-25-17(28)26(16(27)18(25)7-8-18)13-2-4-14(5-3-13)31-19(20,21)22/h2-6,9-10,24H,7-8,11H2,1H3. The molecule has 1 saturated heterocycles. The normalized spacial score (nSPS) is 17.9. The largest absolute Gasteiger partial charge is 0.446 e. The number of thioether (sulfide) groups is 1. The second-order valence-corrected chi connectivity index (χ2v) is 10.4. The molecule has 13 heteroatoms. The van der Waals surface area contributed by atoms with Gasteiger partial charge in [-0.25, -0.2) is 18.1 Å². The molecule has 8 nitrogen and oxygen atoms in total. The number of urea groups is 1. The van der Waals surface area contributed by atoms with Crippen LogP contribution >= 0.6 is 11.8 Å². The first-order valence-corrected chi connectivity index (χ1v) is 12.0. The van der Waals surface area contributed by atoms with E-state index in [0.29, 0.717) is 18.4 Å². The third-order valence-electron chi connectivity index (χ3n) is 5.13. The van der Waals surface area contributed by atoms with Gasteiger partial charge in [-0.05, 0) is 60.5 Å². The van der Waals surface area contributed by atoms with Gasteiger partial charge in [-0.15, -0.1) is 0 Å². The maximum atomic E-state index is 13.2. The number of nitrogens with one attached hydrogen (secondary N) is 1. The smallest absolute Gasteiger partial charge is 0.305 e. The molecule has 1 aromatic heterocycles. The number of sulfonamides is 1. The summed E-state index contributed by atoms with van der Waals surface area (Å²) in [6.45, 7) is -0.0382. The quantitative estimate of drug-likeness (QED) is 0.495. The molecule has 2 fully saturated rings. The molecule has 2 heterocycles. The molecule has 2 aromatic rings. The predicted octanol–water partition coefficient (Wildman–Crippen LogP) is 3.57. The Morgan fingerprint density at radius 3 is 2.38 bits per heavy atom. The van der Waals surface area contributed by atoms with E-state index in [1.165, 1.54) is 41.6 Å². The van der Waals surface area contributed by atoms with Crippen molar-refractivity contribution in [2.24, 2.45) is 0 Å². The second-order valence-electron chi connectivity index (χ2n) is 7.49. The molecule has 0 bridgehead atoms. The maximum Gasteiger partial charge on any atom is 0.446 e. The van der Waals surface area contributed by atoms with Crippen molar-refractivity contribution in [2.45, 2.75) is 35.3 Å². The number of hydrogen-bond acceptors (Lipinski definition) is 6. The van der Waals surface area contributed by atoms with Crippen LogP contribution in [0.1, 0.15) is 18.4 Å². The van der Waals surface area contributed by atoms with Gasteiger partial charge in [0, 0.05) is 11.1 Å². The highest BCUT2D eigenvalue weighted by atomic mass is 32.2. The summed E-state index contributed by atoms with van der Waals surface area (Å²) in [5.74, 6) is -0.453. The minimum Gasteiger partial charge on any atom is -0.305 e. The Morgan fingerprint density at radius 2 is 1.81 bits per heavy atom. The summed E-state index contributed by atoms with van der Waals surface area (Å²) < 4.78 is 63.3. The van der Waals surface area contributed by atoms with Crippen molar-refractivity contribution in [1.82, 2.24) is 9.88 Å². The predicted molar refractivity (Wildman–Crippen MR) is 111 cm³/mol. The molecule has 170 valence electrons. The topological polar surface area (TPSA) is 99.7 Å². The fourth-order valence-electron chi connectivity index (χ4n) is 3.58. The van der Waals surface area contributed by atoms with E-state index in [9.17, 15) is 31.2 Å². The van der Waals surface area contributed by atoms with Crippen LogP contribution in [0.15, 0.2) is 47.6 Å². The summed E-state index contributed by atoms with van der Waals surface area (Å²) in [4.78, 5) is 32.4. The molecule has 0 radical (unpaired) electrons. The maximum absolute atomic E-state index is 13.2. The Hall–Kier alpha value is -2.80. The van der Waals surface area contributed by atoms with Crippen LogP contribution in [0.4, 0.5) is 29.3 Å². The van der Waals surface area contributed by atoms with E-state index >= 15 is 0 Å². The van der Waals surface area contributed by atoms with Crippen LogP contribution in [0.3, 0.4) is 0 Å². The minimum absolute atomic E-state index is 0.0382. The zero-order chi connectivity index (χ0) is 23.3. The number of imide groups is 1. The highest BCUT2D eigenvalue weighted by Gasteiger charge is 2.65. The van der Waals surface area contributed by atoms with E-state index in [2.05, 4.69) is 9.71 Å². The molecule has 1 aliphatic heterocycles. The van der Waals surface area contributed by atoms with E-state index in [1.807, 2.05) is 0 Å². The van der Waals surface area contributed by atoms with Crippen molar-refractivity contribution in [3.8, 4) is 0 Å². The van der Waals surface area contributed by atoms with E-state index in [4.69, 9.17) is 0 Å². The molecule has 4 rings (SSSR count). The average Bonchev–Trinajstić information content (AvgIpc) is 3.44. The lowest BCUT2D eigenvalue weighted by atomic mass is 10.1. The summed E-state index contributed by atoms with van der Waals surface area (Å²) in [6, 6.07) is 5.93. The number of halogens is 3. The third-order valence-corrected chi connectivity index (χ3v) is 6.46. The number of aromatic nitrogens is 1. The van der Waals surface area contributed by atoms with Crippen molar-refractivity contribution in [3.63, 3.8) is 0 Å². The number of amides is 3. The lowest BCUT2D eigenvalue weighted by Crippen LogP contribution is -2.36. The second kappa shape index (κ2) is 7.66. The Balaban J connectivity index is 1.61. The van der Waals surface area contributed by atoms with E-state index in [0.717, 1.165) is 11.2 Å². The van der Waals surface area contributed by atoms with Crippen LogP contribution in [-0.4, -0.2) is 47.5 Å². The molecule has 2 aliphatic rings. The average molecular weight is 486 g/mol. The molecule has 32 heavy (non-hydrogen) atoms. The van der Waals surface area contributed by atoms with Crippen molar-refractivity contribution in [2.75, 3.05) is 15.9 Å². The minimum atomic E-state index is -4.45. The molecule has 0 unspecified atom stereocenters. The zero-order valence-electron chi connectivity index (χ0n) is 16.6. The van der Waals surface area contributed by atoms with Gasteiger partial charge >= 0.3 is 11.5 Å². The van der Waals surface area contributed by atoms with Crippen molar-refractivity contribution in [3.05, 3.63) is 48.3 Å². The highest BCUT2D eigenvalue weighted by molar-refractivity contribution is 8.00. The van der Waals surface area contributed by atoms with Gasteiger partial charge in [0.15, 0.2) is 0 Å². The third kappa shape index (κ3) is 4.39. The Labute approximate surface area is 185 Å². The van der Waals surface area contributed by atoms with Crippen LogP contribution in [0.25, 0.3) is 0 Å². The van der Waals surface area contributed by atoms with Gasteiger partial charge in [0.1, 0.15) is 5.54 Å². The van der Waals surface area contributed by atoms with Gasteiger partial charge in [0.25, 0.3) is 5.91 Å². The summed E-state index contributed by atoms with van der Waals surface area (Å²) in [5.41, 5.74) is -4.67. The monoisotopic (exact) mass is 486 g/mol. The summed E-state index contributed by atoms with van der Waals surface area (Å²) in [5, 5.41) is 0. The van der Waals surface area contributed by atoms with Crippen molar-refractivity contribution >= 4 is 45.1 Å². The number of rotatable bonds is 6.